The Labute approximate surface area is 185 Å². The Hall–Kier alpha value is -2.90. The van der Waals surface area contributed by atoms with Crippen molar-refractivity contribution in [3.8, 4) is 11.1 Å². The lowest BCUT2D eigenvalue weighted by atomic mass is 10.00. The van der Waals surface area contributed by atoms with Crippen molar-refractivity contribution in [3.63, 3.8) is 0 Å². The number of carbonyl (C=O) groups is 1. The molecule has 160 valence electrons. The molecule has 0 unspecified atom stereocenters. The van der Waals surface area contributed by atoms with Crippen molar-refractivity contribution in [3.05, 3.63) is 82.6 Å². The molecule has 4 rings (SSSR count). The third-order valence-corrected chi connectivity index (χ3v) is 6.78. The Morgan fingerprint density at radius 3 is 2.42 bits per heavy atom. The molecule has 0 spiro atoms. The Balaban J connectivity index is 1.69. The van der Waals surface area contributed by atoms with Gasteiger partial charge in [0.15, 0.2) is 0 Å². The van der Waals surface area contributed by atoms with E-state index in [1.807, 2.05) is 30.3 Å². The van der Waals surface area contributed by atoms with E-state index in [2.05, 4.69) is 4.72 Å². The van der Waals surface area contributed by atoms with E-state index in [1.54, 1.807) is 11.8 Å². The van der Waals surface area contributed by atoms with Crippen molar-refractivity contribution in [2.75, 3.05) is 17.8 Å². The minimum atomic E-state index is -4.19. The summed E-state index contributed by atoms with van der Waals surface area (Å²) in [6.45, 7) is 3.01. The normalized spacial score (nSPS) is 13.6. The number of nitrogens with zero attached hydrogens (tertiary/aromatic N) is 1. The van der Waals surface area contributed by atoms with Gasteiger partial charge in [0, 0.05) is 23.7 Å². The fourth-order valence-electron chi connectivity index (χ4n) is 3.43. The zero-order valence-corrected chi connectivity index (χ0v) is 18.3. The van der Waals surface area contributed by atoms with Crippen LogP contribution in [0.4, 0.5) is 10.1 Å². The Morgan fingerprint density at radius 2 is 1.77 bits per heavy atom. The number of hydrogen-bond donors (Lipinski definition) is 1. The molecule has 1 saturated heterocycles. The van der Waals surface area contributed by atoms with E-state index in [0.29, 0.717) is 24.2 Å². The van der Waals surface area contributed by atoms with Gasteiger partial charge in [-0.05, 0) is 60.4 Å². The zero-order chi connectivity index (χ0) is 22.2. The van der Waals surface area contributed by atoms with E-state index in [9.17, 15) is 17.6 Å². The SMILES string of the molecule is Cc1cc(F)c(NS(=O)(=O)c2cc(Cl)cc(C(=O)N3CCC3)c2)cc1-c1ccccc1. The molecular weight excluding hydrogens is 439 g/mol. The summed E-state index contributed by atoms with van der Waals surface area (Å²) in [5.41, 5.74) is 2.23. The highest BCUT2D eigenvalue weighted by Gasteiger charge is 2.25. The molecule has 3 aromatic carbocycles. The number of rotatable bonds is 5. The second-order valence-electron chi connectivity index (χ2n) is 7.44. The maximum absolute atomic E-state index is 14.6. The third kappa shape index (κ3) is 4.43. The lowest BCUT2D eigenvalue weighted by Gasteiger charge is -2.31. The fourth-order valence-corrected chi connectivity index (χ4v) is 4.85. The lowest BCUT2D eigenvalue weighted by molar-refractivity contribution is 0.0651. The van der Waals surface area contributed by atoms with E-state index in [4.69, 9.17) is 11.6 Å². The average Bonchev–Trinajstić information content (AvgIpc) is 2.69. The maximum atomic E-state index is 14.6. The molecule has 0 bridgehead atoms. The standard InChI is InChI=1S/C23H20ClFN2O3S/c1-15-10-21(25)22(14-20(15)16-6-3-2-4-7-16)26-31(29,30)19-12-17(11-18(24)13-19)23(28)27-8-5-9-27/h2-4,6-7,10-14,26H,5,8-9H2,1H3. The number of anilines is 1. The molecule has 8 heteroatoms. The second kappa shape index (κ2) is 8.32. The summed E-state index contributed by atoms with van der Waals surface area (Å²) in [5, 5.41) is 0.112. The van der Waals surface area contributed by atoms with Crippen molar-refractivity contribution in [1.29, 1.82) is 0 Å². The first kappa shape index (κ1) is 21.3. The van der Waals surface area contributed by atoms with Gasteiger partial charge < -0.3 is 4.90 Å². The van der Waals surface area contributed by atoms with Gasteiger partial charge in [0.05, 0.1) is 10.6 Å². The highest BCUT2D eigenvalue weighted by atomic mass is 35.5. The van der Waals surface area contributed by atoms with Crippen LogP contribution in [0.3, 0.4) is 0 Å². The van der Waals surface area contributed by atoms with Crippen LogP contribution >= 0.6 is 11.6 Å². The minimum absolute atomic E-state index is 0.112. The number of aryl methyl sites for hydroxylation is 1. The lowest BCUT2D eigenvalue weighted by Crippen LogP contribution is -2.42. The number of amides is 1. The maximum Gasteiger partial charge on any atom is 0.262 e. The van der Waals surface area contributed by atoms with Crippen LogP contribution in [0, 0.1) is 12.7 Å². The Morgan fingerprint density at radius 1 is 1.06 bits per heavy atom. The Bertz CT molecular complexity index is 1260. The summed E-state index contributed by atoms with van der Waals surface area (Å²) >= 11 is 6.09. The van der Waals surface area contributed by atoms with Gasteiger partial charge in [-0.15, -0.1) is 0 Å². The second-order valence-corrected chi connectivity index (χ2v) is 9.56. The van der Waals surface area contributed by atoms with E-state index >= 15 is 0 Å². The summed E-state index contributed by atoms with van der Waals surface area (Å²) in [4.78, 5) is 13.9. The fraction of sp³-hybridized carbons (Fsp3) is 0.174. The van der Waals surface area contributed by atoms with Crippen LogP contribution in [0.1, 0.15) is 22.3 Å². The summed E-state index contributed by atoms with van der Waals surface area (Å²) in [6, 6.07) is 16.0. The van der Waals surface area contributed by atoms with Crippen LogP contribution in [-0.2, 0) is 10.0 Å². The number of carbonyl (C=O) groups excluding carboxylic acids is 1. The molecule has 0 atom stereocenters. The van der Waals surface area contributed by atoms with Crippen LogP contribution in [0.15, 0.2) is 65.6 Å². The largest absolute Gasteiger partial charge is 0.339 e. The molecule has 0 aliphatic carbocycles. The van der Waals surface area contributed by atoms with Gasteiger partial charge in [0.1, 0.15) is 5.82 Å². The van der Waals surface area contributed by atoms with Crippen LogP contribution in [-0.4, -0.2) is 32.3 Å². The van der Waals surface area contributed by atoms with Crippen molar-refractivity contribution in [1.82, 2.24) is 4.90 Å². The molecule has 1 N–H and O–H groups in total. The number of likely N-dealkylation sites (tertiary alicyclic amines) is 1. The van der Waals surface area contributed by atoms with Crippen LogP contribution in [0.5, 0.6) is 0 Å². The molecule has 1 aliphatic rings. The first-order valence-corrected chi connectivity index (χ1v) is 11.6. The van der Waals surface area contributed by atoms with Gasteiger partial charge >= 0.3 is 0 Å². The first-order valence-electron chi connectivity index (χ1n) is 9.73. The molecule has 1 heterocycles. The Kier molecular flexibility index (Phi) is 5.73. The van der Waals surface area contributed by atoms with Crippen LogP contribution in [0.2, 0.25) is 5.02 Å². The van der Waals surface area contributed by atoms with Gasteiger partial charge in [-0.1, -0.05) is 41.9 Å². The van der Waals surface area contributed by atoms with Gasteiger partial charge in [-0.25, -0.2) is 12.8 Å². The average molecular weight is 459 g/mol. The number of hydrogen-bond acceptors (Lipinski definition) is 3. The predicted molar refractivity (Wildman–Crippen MR) is 119 cm³/mol. The van der Waals surface area contributed by atoms with Gasteiger partial charge in [0.2, 0.25) is 0 Å². The van der Waals surface area contributed by atoms with Crippen molar-refractivity contribution >= 4 is 33.2 Å². The predicted octanol–water partition coefficient (Wildman–Crippen LogP) is 5.10. The van der Waals surface area contributed by atoms with Gasteiger partial charge in [0.25, 0.3) is 15.9 Å². The number of benzene rings is 3. The highest BCUT2D eigenvalue weighted by Crippen LogP contribution is 2.31. The summed E-state index contributed by atoms with van der Waals surface area (Å²) in [7, 11) is -4.19. The monoisotopic (exact) mass is 458 g/mol. The molecule has 0 aromatic heterocycles. The molecule has 1 aliphatic heterocycles. The van der Waals surface area contributed by atoms with Gasteiger partial charge in [-0.2, -0.15) is 0 Å². The summed E-state index contributed by atoms with van der Waals surface area (Å²) in [5.74, 6) is -0.974. The zero-order valence-electron chi connectivity index (χ0n) is 16.7. The van der Waals surface area contributed by atoms with Crippen molar-refractivity contribution in [2.24, 2.45) is 0 Å². The van der Waals surface area contributed by atoms with Gasteiger partial charge in [-0.3, -0.25) is 9.52 Å². The van der Waals surface area contributed by atoms with E-state index in [0.717, 1.165) is 12.0 Å². The summed E-state index contributed by atoms with van der Waals surface area (Å²) in [6.07, 6.45) is 0.912. The molecule has 0 radical (unpaired) electrons. The number of halogens is 2. The minimum Gasteiger partial charge on any atom is -0.339 e. The summed E-state index contributed by atoms with van der Waals surface area (Å²) < 4.78 is 42.9. The van der Waals surface area contributed by atoms with Crippen molar-refractivity contribution < 1.29 is 17.6 Å². The quantitative estimate of drug-likeness (QED) is 0.578. The van der Waals surface area contributed by atoms with E-state index < -0.39 is 15.8 Å². The molecule has 3 aromatic rings. The van der Waals surface area contributed by atoms with E-state index in [1.165, 1.54) is 30.3 Å². The number of nitrogens with one attached hydrogen (secondary N) is 1. The molecular formula is C23H20ClFN2O3S. The molecule has 31 heavy (non-hydrogen) atoms. The highest BCUT2D eigenvalue weighted by molar-refractivity contribution is 7.92. The molecule has 1 amide bonds. The first-order chi connectivity index (χ1) is 14.7. The van der Waals surface area contributed by atoms with Crippen molar-refractivity contribution in [2.45, 2.75) is 18.2 Å². The number of sulfonamides is 1. The third-order valence-electron chi connectivity index (χ3n) is 5.21. The molecule has 1 fully saturated rings. The van der Waals surface area contributed by atoms with E-state index in [-0.39, 0.29) is 27.1 Å². The molecule has 0 saturated carbocycles. The van der Waals surface area contributed by atoms with Crippen LogP contribution in [0.25, 0.3) is 11.1 Å². The van der Waals surface area contributed by atoms with Crippen LogP contribution < -0.4 is 4.72 Å². The topological polar surface area (TPSA) is 66.5 Å². The smallest absolute Gasteiger partial charge is 0.262 e. The molecule has 5 nitrogen and oxygen atoms in total.